The Bertz CT molecular complexity index is 352. The van der Waals surface area contributed by atoms with Crippen LogP contribution in [0.5, 0.6) is 0 Å². The average Bonchev–Trinajstić information content (AvgIpc) is 2.64. The van der Waals surface area contributed by atoms with Crippen molar-refractivity contribution in [1.82, 2.24) is 0 Å². The second-order valence-corrected chi connectivity index (χ2v) is 6.81. The molecule has 0 aromatic carbocycles. The van der Waals surface area contributed by atoms with E-state index in [1.807, 2.05) is 0 Å². The molecule has 3 rings (SSSR count). The lowest BCUT2D eigenvalue weighted by molar-refractivity contribution is 0.105. The Kier molecular flexibility index (Phi) is 2.65. The third-order valence-corrected chi connectivity index (χ3v) is 5.86. The quantitative estimate of drug-likeness (QED) is 0.902. The zero-order chi connectivity index (χ0) is 10.4. The van der Waals surface area contributed by atoms with Crippen LogP contribution in [0, 0.1) is 17.8 Å². The largest absolute Gasteiger partial charge is 0.392 e. The molecular weight excluding hydrogens is 272 g/mol. The van der Waals surface area contributed by atoms with Gasteiger partial charge < -0.3 is 5.11 Å². The predicted octanol–water partition coefficient (Wildman–Crippen LogP) is 3.46. The summed E-state index contributed by atoms with van der Waals surface area (Å²) in [6.45, 7) is 0. The molecule has 15 heavy (non-hydrogen) atoms. The maximum Gasteiger partial charge on any atom is 0.0617 e. The first kappa shape index (κ1) is 10.3. The maximum absolute atomic E-state index is 10.2. The van der Waals surface area contributed by atoms with Crippen LogP contribution in [0.25, 0.3) is 0 Å². The minimum absolute atomic E-state index is 0.118. The van der Waals surface area contributed by atoms with Crippen LogP contribution in [0.15, 0.2) is 15.9 Å². The van der Waals surface area contributed by atoms with Crippen molar-refractivity contribution in [3.63, 3.8) is 0 Å². The minimum Gasteiger partial charge on any atom is -0.392 e. The summed E-state index contributed by atoms with van der Waals surface area (Å²) in [5, 5.41) is 12.3. The molecule has 0 saturated heterocycles. The molecule has 1 heterocycles. The van der Waals surface area contributed by atoms with E-state index in [4.69, 9.17) is 0 Å². The van der Waals surface area contributed by atoms with Gasteiger partial charge in [-0.1, -0.05) is 0 Å². The van der Waals surface area contributed by atoms with Crippen LogP contribution in [0.4, 0.5) is 0 Å². The first-order valence-electron chi connectivity index (χ1n) is 5.64. The fraction of sp³-hybridized carbons (Fsp3) is 0.667. The number of thiophene rings is 1. The second kappa shape index (κ2) is 3.86. The standard InChI is InChI=1S/C12H15BrOS/c13-10-1-2-15-12(10)6-11(14)9-4-7-3-8(7)5-9/h1-2,7-9,11,14H,3-6H2. The molecule has 0 radical (unpaired) electrons. The lowest BCUT2D eigenvalue weighted by Crippen LogP contribution is -2.21. The summed E-state index contributed by atoms with van der Waals surface area (Å²) in [6, 6.07) is 2.07. The molecule has 3 heteroatoms. The summed E-state index contributed by atoms with van der Waals surface area (Å²) >= 11 is 5.27. The van der Waals surface area contributed by atoms with E-state index in [-0.39, 0.29) is 6.10 Å². The highest BCUT2D eigenvalue weighted by Crippen LogP contribution is 2.55. The zero-order valence-corrected chi connectivity index (χ0v) is 10.9. The zero-order valence-electron chi connectivity index (χ0n) is 8.53. The van der Waals surface area contributed by atoms with E-state index in [0.29, 0.717) is 5.92 Å². The van der Waals surface area contributed by atoms with Gasteiger partial charge in [0.1, 0.15) is 0 Å². The molecule has 0 spiro atoms. The lowest BCUT2D eigenvalue weighted by Gasteiger charge is -2.18. The van der Waals surface area contributed by atoms with Crippen molar-refractivity contribution in [2.75, 3.05) is 0 Å². The highest BCUT2D eigenvalue weighted by atomic mass is 79.9. The SMILES string of the molecule is OC(Cc1sccc1Br)C1CC2CC2C1. The van der Waals surface area contributed by atoms with Crippen LogP contribution in [0.1, 0.15) is 24.1 Å². The molecule has 1 N–H and O–H groups in total. The lowest BCUT2D eigenvalue weighted by atomic mass is 9.94. The van der Waals surface area contributed by atoms with E-state index in [9.17, 15) is 5.11 Å². The van der Waals surface area contributed by atoms with E-state index >= 15 is 0 Å². The second-order valence-electron chi connectivity index (χ2n) is 4.95. The van der Waals surface area contributed by atoms with Gasteiger partial charge in [-0.2, -0.15) is 0 Å². The Morgan fingerprint density at radius 3 is 2.73 bits per heavy atom. The summed E-state index contributed by atoms with van der Waals surface area (Å²) < 4.78 is 1.16. The number of hydrogen-bond donors (Lipinski definition) is 1. The molecule has 82 valence electrons. The summed E-state index contributed by atoms with van der Waals surface area (Å²) in [7, 11) is 0. The van der Waals surface area contributed by atoms with Crippen LogP contribution in [0.3, 0.4) is 0 Å². The van der Waals surface area contributed by atoms with Crippen molar-refractivity contribution < 1.29 is 5.11 Å². The number of hydrogen-bond acceptors (Lipinski definition) is 2. The monoisotopic (exact) mass is 286 g/mol. The highest BCUT2D eigenvalue weighted by molar-refractivity contribution is 9.10. The van der Waals surface area contributed by atoms with Crippen molar-refractivity contribution in [1.29, 1.82) is 0 Å². The van der Waals surface area contributed by atoms with E-state index in [1.54, 1.807) is 11.3 Å². The molecule has 2 saturated carbocycles. The fourth-order valence-electron chi connectivity index (χ4n) is 2.90. The van der Waals surface area contributed by atoms with Crippen LogP contribution in [0.2, 0.25) is 0 Å². The van der Waals surface area contributed by atoms with Gasteiger partial charge in [0.15, 0.2) is 0 Å². The molecular formula is C12H15BrOS. The summed E-state index contributed by atoms with van der Waals surface area (Å²) in [6.07, 6.45) is 4.70. The van der Waals surface area contributed by atoms with Gasteiger partial charge in [0.25, 0.3) is 0 Å². The molecule has 0 aliphatic heterocycles. The topological polar surface area (TPSA) is 20.2 Å². The predicted molar refractivity (Wildman–Crippen MR) is 66.1 cm³/mol. The van der Waals surface area contributed by atoms with Crippen LogP contribution in [-0.4, -0.2) is 11.2 Å². The number of rotatable bonds is 3. The minimum atomic E-state index is -0.118. The average molecular weight is 287 g/mol. The van der Waals surface area contributed by atoms with Gasteiger partial charge in [-0.3, -0.25) is 0 Å². The summed E-state index contributed by atoms with van der Waals surface area (Å²) in [5.74, 6) is 2.51. The molecule has 3 atom stereocenters. The van der Waals surface area contributed by atoms with Gasteiger partial charge in [-0.05, 0) is 64.4 Å². The molecule has 0 amide bonds. The maximum atomic E-state index is 10.2. The van der Waals surface area contributed by atoms with Crippen molar-refractivity contribution in [2.45, 2.75) is 31.8 Å². The summed E-state index contributed by atoms with van der Waals surface area (Å²) in [5.41, 5.74) is 0. The Morgan fingerprint density at radius 2 is 2.13 bits per heavy atom. The molecule has 2 aliphatic carbocycles. The Hall–Kier alpha value is 0.140. The molecule has 1 aromatic rings. The number of halogens is 1. The Balaban J connectivity index is 1.61. The van der Waals surface area contributed by atoms with Crippen molar-refractivity contribution >= 4 is 27.3 Å². The van der Waals surface area contributed by atoms with E-state index in [0.717, 1.165) is 22.7 Å². The third kappa shape index (κ3) is 2.02. The van der Waals surface area contributed by atoms with Crippen LogP contribution < -0.4 is 0 Å². The number of aliphatic hydroxyl groups excluding tert-OH is 1. The van der Waals surface area contributed by atoms with Gasteiger partial charge in [-0.15, -0.1) is 11.3 Å². The van der Waals surface area contributed by atoms with Gasteiger partial charge in [0, 0.05) is 15.8 Å². The van der Waals surface area contributed by atoms with Crippen molar-refractivity contribution in [3.05, 3.63) is 20.8 Å². The van der Waals surface area contributed by atoms with Crippen LogP contribution in [-0.2, 0) is 6.42 Å². The Morgan fingerprint density at radius 1 is 1.40 bits per heavy atom. The molecule has 2 fully saturated rings. The fourth-order valence-corrected chi connectivity index (χ4v) is 4.47. The van der Waals surface area contributed by atoms with E-state index in [1.165, 1.54) is 24.1 Å². The van der Waals surface area contributed by atoms with Gasteiger partial charge in [0.05, 0.1) is 6.10 Å². The van der Waals surface area contributed by atoms with E-state index in [2.05, 4.69) is 27.4 Å². The molecule has 2 aliphatic rings. The smallest absolute Gasteiger partial charge is 0.0617 e. The normalized spacial score (nSPS) is 35.2. The molecule has 1 nitrogen and oxygen atoms in total. The van der Waals surface area contributed by atoms with Gasteiger partial charge in [0.2, 0.25) is 0 Å². The first-order chi connectivity index (χ1) is 7.24. The molecule has 0 bridgehead atoms. The van der Waals surface area contributed by atoms with Crippen molar-refractivity contribution in [2.24, 2.45) is 17.8 Å². The number of aliphatic hydroxyl groups is 1. The van der Waals surface area contributed by atoms with Crippen LogP contribution >= 0.6 is 27.3 Å². The third-order valence-electron chi connectivity index (χ3n) is 3.91. The Labute approximate surface area is 103 Å². The molecule has 3 unspecified atom stereocenters. The summed E-state index contributed by atoms with van der Waals surface area (Å²) in [4.78, 5) is 1.29. The van der Waals surface area contributed by atoms with Gasteiger partial charge in [-0.25, -0.2) is 0 Å². The number of fused-ring (bicyclic) bond motifs is 1. The first-order valence-corrected chi connectivity index (χ1v) is 7.31. The highest BCUT2D eigenvalue weighted by Gasteiger charge is 2.47. The van der Waals surface area contributed by atoms with E-state index < -0.39 is 0 Å². The van der Waals surface area contributed by atoms with Crippen molar-refractivity contribution in [3.8, 4) is 0 Å². The van der Waals surface area contributed by atoms with Gasteiger partial charge >= 0.3 is 0 Å². The molecule has 1 aromatic heterocycles.